The summed E-state index contributed by atoms with van der Waals surface area (Å²) >= 11 is 5.86. The van der Waals surface area contributed by atoms with E-state index in [9.17, 15) is 4.79 Å². The zero-order valence-corrected chi connectivity index (χ0v) is 14.3. The van der Waals surface area contributed by atoms with Gasteiger partial charge in [-0.1, -0.05) is 41.4 Å². The van der Waals surface area contributed by atoms with Crippen LogP contribution in [0.1, 0.15) is 22.8 Å². The SMILES string of the molecule is CCn1cc(-c2ccc(C)cc2)nc1NC(=O)c1ccc(Cl)cc1. The number of carbonyl (C=O) groups excluding carboxylic acids is 1. The Kier molecular flexibility index (Phi) is 4.67. The van der Waals surface area contributed by atoms with Crippen LogP contribution < -0.4 is 5.32 Å². The maximum Gasteiger partial charge on any atom is 0.257 e. The number of rotatable bonds is 4. The monoisotopic (exact) mass is 339 g/mol. The number of halogens is 1. The number of hydrogen-bond donors (Lipinski definition) is 1. The van der Waals surface area contributed by atoms with Crippen LogP contribution in [0.3, 0.4) is 0 Å². The minimum Gasteiger partial charge on any atom is -0.317 e. The summed E-state index contributed by atoms with van der Waals surface area (Å²) < 4.78 is 1.92. The van der Waals surface area contributed by atoms with Crippen LogP contribution in [0, 0.1) is 6.92 Å². The van der Waals surface area contributed by atoms with Crippen LogP contribution in [0.15, 0.2) is 54.7 Å². The van der Waals surface area contributed by atoms with E-state index < -0.39 is 0 Å². The third-order valence-corrected chi connectivity index (χ3v) is 4.05. The quantitative estimate of drug-likeness (QED) is 0.743. The van der Waals surface area contributed by atoms with Crippen molar-refractivity contribution in [1.82, 2.24) is 9.55 Å². The molecule has 1 amide bonds. The van der Waals surface area contributed by atoms with Gasteiger partial charge in [-0.05, 0) is 38.1 Å². The fourth-order valence-corrected chi connectivity index (χ4v) is 2.52. The molecule has 5 heteroatoms. The average Bonchev–Trinajstić information content (AvgIpc) is 2.99. The van der Waals surface area contributed by atoms with Crippen molar-refractivity contribution in [2.75, 3.05) is 5.32 Å². The van der Waals surface area contributed by atoms with Crippen LogP contribution in [0.2, 0.25) is 5.02 Å². The number of anilines is 1. The van der Waals surface area contributed by atoms with Gasteiger partial charge in [0.05, 0.1) is 5.69 Å². The molecule has 0 unspecified atom stereocenters. The van der Waals surface area contributed by atoms with Crippen LogP contribution in [0.5, 0.6) is 0 Å². The van der Waals surface area contributed by atoms with E-state index in [-0.39, 0.29) is 5.91 Å². The van der Waals surface area contributed by atoms with Crippen LogP contribution in [0.25, 0.3) is 11.3 Å². The normalized spacial score (nSPS) is 10.6. The van der Waals surface area contributed by atoms with E-state index in [0.717, 1.165) is 17.8 Å². The molecule has 24 heavy (non-hydrogen) atoms. The Morgan fingerprint density at radius 3 is 2.42 bits per heavy atom. The number of benzene rings is 2. The van der Waals surface area contributed by atoms with Gasteiger partial charge in [-0.25, -0.2) is 4.98 Å². The van der Waals surface area contributed by atoms with Crippen molar-refractivity contribution < 1.29 is 4.79 Å². The standard InChI is InChI=1S/C19H18ClN3O/c1-3-23-12-17(14-6-4-13(2)5-7-14)21-19(23)22-18(24)15-8-10-16(20)11-9-15/h4-12H,3H2,1-2H3,(H,21,22,24). The lowest BCUT2D eigenvalue weighted by Gasteiger charge is -2.06. The van der Waals surface area contributed by atoms with Crippen molar-refractivity contribution in [3.05, 3.63) is 70.9 Å². The molecule has 0 saturated heterocycles. The van der Waals surface area contributed by atoms with E-state index in [1.165, 1.54) is 5.56 Å². The summed E-state index contributed by atoms with van der Waals surface area (Å²) in [5, 5.41) is 3.47. The Morgan fingerprint density at radius 2 is 1.79 bits per heavy atom. The first kappa shape index (κ1) is 16.3. The van der Waals surface area contributed by atoms with Gasteiger partial charge in [0.25, 0.3) is 5.91 Å². The lowest BCUT2D eigenvalue weighted by Crippen LogP contribution is -2.15. The van der Waals surface area contributed by atoms with Gasteiger partial charge in [0, 0.05) is 28.9 Å². The summed E-state index contributed by atoms with van der Waals surface area (Å²) in [6, 6.07) is 14.9. The van der Waals surface area contributed by atoms with Crippen LogP contribution in [-0.4, -0.2) is 15.5 Å². The molecular formula is C19H18ClN3O. The van der Waals surface area contributed by atoms with Crippen molar-refractivity contribution in [2.24, 2.45) is 0 Å². The second kappa shape index (κ2) is 6.89. The highest BCUT2D eigenvalue weighted by atomic mass is 35.5. The van der Waals surface area contributed by atoms with Gasteiger partial charge < -0.3 is 4.57 Å². The number of nitrogens with zero attached hydrogens (tertiary/aromatic N) is 2. The molecule has 0 aliphatic rings. The smallest absolute Gasteiger partial charge is 0.257 e. The van der Waals surface area contributed by atoms with Crippen LogP contribution in [0.4, 0.5) is 5.95 Å². The third-order valence-electron chi connectivity index (χ3n) is 3.80. The number of carbonyl (C=O) groups is 1. The molecule has 2 aromatic carbocycles. The molecule has 3 rings (SSSR count). The molecule has 0 radical (unpaired) electrons. The largest absolute Gasteiger partial charge is 0.317 e. The minimum absolute atomic E-state index is 0.206. The second-order valence-corrected chi connectivity index (χ2v) is 6.00. The fraction of sp³-hybridized carbons (Fsp3) is 0.158. The number of aryl methyl sites for hydroxylation is 2. The van der Waals surface area contributed by atoms with E-state index in [4.69, 9.17) is 11.6 Å². The van der Waals surface area contributed by atoms with Gasteiger partial charge in [0.1, 0.15) is 0 Å². The molecule has 0 fully saturated rings. The summed E-state index contributed by atoms with van der Waals surface area (Å²) in [6.45, 7) is 4.78. The minimum atomic E-state index is -0.206. The van der Waals surface area contributed by atoms with Crippen molar-refractivity contribution in [1.29, 1.82) is 0 Å². The average molecular weight is 340 g/mol. The first-order valence-electron chi connectivity index (χ1n) is 7.78. The molecule has 0 saturated carbocycles. The molecule has 1 aromatic heterocycles. The Bertz CT molecular complexity index is 851. The highest BCUT2D eigenvalue weighted by molar-refractivity contribution is 6.30. The maximum absolute atomic E-state index is 12.4. The van der Waals surface area contributed by atoms with Gasteiger partial charge in [0.2, 0.25) is 5.95 Å². The van der Waals surface area contributed by atoms with Gasteiger partial charge >= 0.3 is 0 Å². The van der Waals surface area contributed by atoms with E-state index in [2.05, 4.69) is 10.3 Å². The Morgan fingerprint density at radius 1 is 1.12 bits per heavy atom. The molecule has 4 nitrogen and oxygen atoms in total. The first-order valence-corrected chi connectivity index (χ1v) is 8.15. The molecule has 3 aromatic rings. The molecule has 0 aliphatic carbocycles. The summed E-state index contributed by atoms with van der Waals surface area (Å²) in [5.41, 5.74) is 3.60. The van der Waals surface area contributed by atoms with Gasteiger partial charge in [-0.15, -0.1) is 0 Å². The fourth-order valence-electron chi connectivity index (χ4n) is 2.40. The van der Waals surface area contributed by atoms with Crippen LogP contribution >= 0.6 is 11.6 Å². The van der Waals surface area contributed by atoms with E-state index in [1.54, 1.807) is 24.3 Å². The Balaban J connectivity index is 1.86. The van der Waals surface area contributed by atoms with Crippen molar-refractivity contribution in [3.63, 3.8) is 0 Å². The van der Waals surface area contributed by atoms with Crippen molar-refractivity contribution >= 4 is 23.5 Å². The number of nitrogens with one attached hydrogen (secondary N) is 1. The van der Waals surface area contributed by atoms with Crippen molar-refractivity contribution in [3.8, 4) is 11.3 Å². The molecule has 122 valence electrons. The maximum atomic E-state index is 12.4. The zero-order valence-electron chi connectivity index (χ0n) is 13.6. The molecule has 0 aliphatic heterocycles. The zero-order chi connectivity index (χ0) is 17.1. The topological polar surface area (TPSA) is 46.9 Å². The highest BCUT2D eigenvalue weighted by Gasteiger charge is 2.13. The molecule has 1 heterocycles. The third kappa shape index (κ3) is 3.49. The summed E-state index contributed by atoms with van der Waals surface area (Å²) in [5.74, 6) is 0.329. The Labute approximate surface area is 146 Å². The highest BCUT2D eigenvalue weighted by Crippen LogP contribution is 2.22. The molecule has 0 spiro atoms. The van der Waals surface area contributed by atoms with E-state index >= 15 is 0 Å². The van der Waals surface area contributed by atoms with Crippen molar-refractivity contribution in [2.45, 2.75) is 20.4 Å². The lowest BCUT2D eigenvalue weighted by molar-refractivity contribution is 0.102. The first-order chi connectivity index (χ1) is 11.6. The lowest BCUT2D eigenvalue weighted by atomic mass is 10.1. The number of aromatic nitrogens is 2. The van der Waals surface area contributed by atoms with E-state index in [1.807, 2.05) is 48.9 Å². The number of hydrogen-bond acceptors (Lipinski definition) is 2. The predicted octanol–water partition coefficient (Wildman–Crippen LogP) is 4.78. The predicted molar refractivity (Wildman–Crippen MR) is 97.5 cm³/mol. The molecular weight excluding hydrogens is 322 g/mol. The molecule has 0 bridgehead atoms. The summed E-state index contributed by atoms with van der Waals surface area (Å²) in [6.07, 6.45) is 1.95. The van der Waals surface area contributed by atoms with Crippen LogP contribution in [-0.2, 0) is 6.54 Å². The number of amides is 1. The molecule has 0 atom stereocenters. The molecule has 1 N–H and O–H groups in total. The Hall–Kier alpha value is -2.59. The van der Waals surface area contributed by atoms with Gasteiger partial charge in [0.15, 0.2) is 0 Å². The second-order valence-electron chi connectivity index (χ2n) is 5.56. The van der Waals surface area contributed by atoms with Gasteiger partial charge in [-0.3, -0.25) is 10.1 Å². The number of imidazole rings is 1. The van der Waals surface area contributed by atoms with E-state index in [0.29, 0.717) is 16.5 Å². The summed E-state index contributed by atoms with van der Waals surface area (Å²) in [7, 11) is 0. The summed E-state index contributed by atoms with van der Waals surface area (Å²) in [4.78, 5) is 16.9. The van der Waals surface area contributed by atoms with Gasteiger partial charge in [-0.2, -0.15) is 0 Å².